The maximum Gasteiger partial charge on any atom is -0.00782 e. The summed E-state index contributed by atoms with van der Waals surface area (Å²) in [6.07, 6.45) is 13.8. The first-order chi connectivity index (χ1) is 6.21. The molecule has 1 saturated carbocycles. The smallest absolute Gasteiger partial charge is 0.00782 e. The molecule has 13 heavy (non-hydrogen) atoms. The van der Waals surface area contributed by atoms with Crippen molar-refractivity contribution >= 4 is 0 Å². The third-order valence-electron chi connectivity index (χ3n) is 3.85. The Morgan fingerprint density at radius 2 is 2.00 bits per heavy atom. The van der Waals surface area contributed by atoms with Gasteiger partial charge >= 0.3 is 0 Å². The maximum atomic E-state index is 2.44. The molecule has 0 aliphatic heterocycles. The van der Waals surface area contributed by atoms with Gasteiger partial charge in [-0.1, -0.05) is 32.1 Å². The Bertz CT molecular complexity index is 237. The van der Waals surface area contributed by atoms with Crippen LogP contribution in [0.4, 0.5) is 0 Å². The molecule has 72 valence electrons. The van der Waals surface area contributed by atoms with Crippen LogP contribution in [-0.2, 0) is 0 Å². The molecule has 0 nitrogen and oxygen atoms in total. The van der Waals surface area contributed by atoms with Crippen LogP contribution in [0.2, 0.25) is 0 Å². The molecule has 0 aromatic rings. The van der Waals surface area contributed by atoms with E-state index < -0.39 is 0 Å². The monoisotopic (exact) mass is 176 g/mol. The van der Waals surface area contributed by atoms with E-state index in [2.05, 4.69) is 32.1 Å². The Morgan fingerprint density at radius 3 is 2.54 bits per heavy atom. The standard InChI is InChI=1S/C13H20/c1-11-7-9-13(2,10-8-11)12-5-3-4-6-12/h3,5-6,11H,4,7-10H2,1-2H3. The maximum absolute atomic E-state index is 2.44. The van der Waals surface area contributed by atoms with Gasteiger partial charge in [0.05, 0.1) is 0 Å². The fourth-order valence-electron chi connectivity index (χ4n) is 2.59. The Balaban J connectivity index is 2.08. The first kappa shape index (κ1) is 9.05. The highest BCUT2D eigenvalue weighted by Crippen LogP contribution is 2.45. The van der Waals surface area contributed by atoms with Gasteiger partial charge in [0.15, 0.2) is 0 Å². The molecule has 1 fully saturated rings. The van der Waals surface area contributed by atoms with Crippen molar-refractivity contribution < 1.29 is 0 Å². The molecule has 0 radical (unpaired) electrons. The predicted octanol–water partition coefficient (Wildman–Crippen LogP) is 4.09. The van der Waals surface area contributed by atoms with E-state index in [1.165, 1.54) is 32.1 Å². The van der Waals surface area contributed by atoms with Gasteiger partial charge < -0.3 is 0 Å². The van der Waals surface area contributed by atoms with Gasteiger partial charge in [0.1, 0.15) is 0 Å². The van der Waals surface area contributed by atoms with Crippen molar-refractivity contribution in [1.82, 2.24) is 0 Å². The summed E-state index contributed by atoms with van der Waals surface area (Å²) in [4.78, 5) is 0. The zero-order chi connectivity index (χ0) is 9.31. The molecule has 0 saturated heterocycles. The Labute approximate surface area is 81.7 Å². The number of allylic oxidation sites excluding steroid dienone is 4. The van der Waals surface area contributed by atoms with Crippen molar-refractivity contribution in [3.63, 3.8) is 0 Å². The van der Waals surface area contributed by atoms with E-state index in [-0.39, 0.29) is 0 Å². The second-order valence-electron chi connectivity index (χ2n) is 5.04. The van der Waals surface area contributed by atoms with E-state index in [4.69, 9.17) is 0 Å². The van der Waals surface area contributed by atoms with E-state index in [9.17, 15) is 0 Å². The van der Waals surface area contributed by atoms with Crippen LogP contribution in [0.3, 0.4) is 0 Å². The Morgan fingerprint density at radius 1 is 1.31 bits per heavy atom. The van der Waals surface area contributed by atoms with E-state index in [1.807, 2.05) is 0 Å². The van der Waals surface area contributed by atoms with Crippen molar-refractivity contribution in [2.45, 2.75) is 46.0 Å². The summed E-state index contributed by atoms with van der Waals surface area (Å²) in [6.45, 7) is 4.83. The second kappa shape index (κ2) is 3.32. The van der Waals surface area contributed by atoms with Crippen LogP contribution >= 0.6 is 0 Å². The van der Waals surface area contributed by atoms with Gasteiger partial charge in [-0.15, -0.1) is 0 Å². The second-order valence-corrected chi connectivity index (χ2v) is 5.04. The first-order valence-electron chi connectivity index (χ1n) is 5.58. The number of hydrogen-bond donors (Lipinski definition) is 0. The summed E-state index contributed by atoms with van der Waals surface area (Å²) in [7, 11) is 0. The summed E-state index contributed by atoms with van der Waals surface area (Å²) in [5.74, 6) is 0.957. The summed E-state index contributed by atoms with van der Waals surface area (Å²) < 4.78 is 0. The lowest BCUT2D eigenvalue weighted by Crippen LogP contribution is -2.24. The minimum absolute atomic E-state index is 0.513. The fourth-order valence-corrected chi connectivity index (χ4v) is 2.59. The summed E-state index contributed by atoms with van der Waals surface area (Å²) in [5, 5.41) is 0. The molecule has 0 heterocycles. The first-order valence-corrected chi connectivity index (χ1v) is 5.58. The molecule has 0 spiro atoms. The normalized spacial score (nSPS) is 39.2. The molecule has 0 atom stereocenters. The van der Waals surface area contributed by atoms with E-state index >= 15 is 0 Å². The van der Waals surface area contributed by atoms with Gasteiger partial charge in [0.25, 0.3) is 0 Å². The van der Waals surface area contributed by atoms with Crippen LogP contribution in [0.5, 0.6) is 0 Å². The molecular weight excluding hydrogens is 156 g/mol. The van der Waals surface area contributed by atoms with E-state index in [0.717, 1.165) is 5.92 Å². The summed E-state index contributed by atoms with van der Waals surface area (Å²) >= 11 is 0. The van der Waals surface area contributed by atoms with E-state index in [0.29, 0.717) is 5.41 Å². The van der Waals surface area contributed by atoms with Gasteiger partial charge in [0, 0.05) is 0 Å². The molecular formula is C13H20. The molecule has 0 heteroatoms. The molecule has 0 N–H and O–H groups in total. The van der Waals surface area contributed by atoms with Gasteiger partial charge in [-0.3, -0.25) is 0 Å². The number of hydrogen-bond acceptors (Lipinski definition) is 0. The topological polar surface area (TPSA) is 0 Å². The van der Waals surface area contributed by atoms with E-state index in [1.54, 1.807) is 5.57 Å². The highest BCUT2D eigenvalue weighted by molar-refractivity contribution is 5.32. The molecule has 2 rings (SSSR count). The highest BCUT2D eigenvalue weighted by atomic mass is 14.4. The zero-order valence-electron chi connectivity index (χ0n) is 8.84. The minimum Gasteiger partial charge on any atom is -0.0804 e. The number of rotatable bonds is 1. The van der Waals surface area contributed by atoms with Gasteiger partial charge in [-0.2, -0.15) is 0 Å². The van der Waals surface area contributed by atoms with Crippen LogP contribution in [0.25, 0.3) is 0 Å². The molecule has 2 aliphatic rings. The average Bonchev–Trinajstić information content (AvgIpc) is 2.63. The van der Waals surface area contributed by atoms with Crippen molar-refractivity contribution in [2.24, 2.45) is 11.3 Å². The van der Waals surface area contributed by atoms with Crippen LogP contribution in [0, 0.1) is 11.3 Å². The SMILES string of the molecule is CC1CCC(C)(C2=CCC=C2)CC1. The third-order valence-corrected chi connectivity index (χ3v) is 3.85. The molecule has 2 aliphatic carbocycles. The predicted molar refractivity (Wildman–Crippen MR) is 57.6 cm³/mol. The summed E-state index contributed by atoms with van der Waals surface area (Å²) in [5.41, 5.74) is 2.12. The molecule has 0 amide bonds. The quantitative estimate of drug-likeness (QED) is 0.564. The Kier molecular flexibility index (Phi) is 2.31. The summed E-state index contributed by atoms with van der Waals surface area (Å²) in [6, 6.07) is 0. The van der Waals surface area contributed by atoms with Crippen molar-refractivity contribution in [2.75, 3.05) is 0 Å². The fraction of sp³-hybridized carbons (Fsp3) is 0.692. The zero-order valence-corrected chi connectivity index (χ0v) is 8.84. The van der Waals surface area contributed by atoms with Crippen LogP contribution in [0.15, 0.2) is 23.8 Å². The molecule has 0 aromatic carbocycles. The van der Waals surface area contributed by atoms with Gasteiger partial charge in [-0.25, -0.2) is 0 Å². The minimum atomic E-state index is 0.513. The van der Waals surface area contributed by atoms with Crippen LogP contribution in [0.1, 0.15) is 46.0 Å². The lowest BCUT2D eigenvalue weighted by molar-refractivity contribution is 0.224. The largest absolute Gasteiger partial charge is 0.0804 e. The van der Waals surface area contributed by atoms with Crippen molar-refractivity contribution in [3.8, 4) is 0 Å². The third kappa shape index (κ3) is 1.72. The molecule has 0 bridgehead atoms. The van der Waals surface area contributed by atoms with Crippen molar-refractivity contribution in [1.29, 1.82) is 0 Å². The molecule has 0 unspecified atom stereocenters. The van der Waals surface area contributed by atoms with Crippen LogP contribution < -0.4 is 0 Å². The lowest BCUT2D eigenvalue weighted by Gasteiger charge is -2.37. The van der Waals surface area contributed by atoms with Crippen LogP contribution in [-0.4, -0.2) is 0 Å². The average molecular weight is 176 g/mol. The molecule has 0 aromatic heterocycles. The highest BCUT2D eigenvalue weighted by Gasteiger charge is 2.32. The van der Waals surface area contributed by atoms with Gasteiger partial charge in [-0.05, 0) is 49.0 Å². The lowest BCUT2D eigenvalue weighted by atomic mass is 9.68. The van der Waals surface area contributed by atoms with Crippen molar-refractivity contribution in [3.05, 3.63) is 23.8 Å². The Hall–Kier alpha value is -0.520. The van der Waals surface area contributed by atoms with Gasteiger partial charge in [0.2, 0.25) is 0 Å².